The summed E-state index contributed by atoms with van der Waals surface area (Å²) >= 11 is 0. The summed E-state index contributed by atoms with van der Waals surface area (Å²) in [7, 11) is 0. The summed E-state index contributed by atoms with van der Waals surface area (Å²) in [5.41, 5.74) is 8.06. The lowest BCUT2D eigenvalue weighted by Gasteiger charge is -2.25. The van der Waals surface area contributed by atoms with Crippen LogP contribution < -0.4 is 20.7 Å². The van der Waals surface area contributed by atoms with Gasteiger partial charge in [-0.15, -0.1) is 0 Å². The smallest absolute Gasteiger partial charge is 0.261 e. The number of nitrogens with zero attached hydrogens (tertiary/aromatic N) is 4. The molecular weight excluding hydrogens is 424 g/mol. The molecule has 0 spiro atoms. The molecule has 4 atom stereocenters. The van der Waals surface area contributed by atoms with Crippen LogP contribution in [0, 0.1) is 17.8 Å². The van der Waals surface area contributed by atoms with Gasteiger partial charge in [-0.1, -0.05) is 0 Å². The van der Waals surface area contributed by atoms with Crippen LogP contribution in [-0.2, 0) is 11.2 Å². The van der Waals surface area contributed by atoms with Crippen molar-refractivity contribution in [3.05, 3.63) is 47.9 Å². The highest BCUT2D eigenvalue weighted by atomic mass is 16.5. The number of primary amides is 1. The van der Waals surface area contributed by atoms with Crippen LogP contribution in [0.1, 0.15) is 22.8 Å². The van der Waals surface area contributed by atoms with E-state index in [9.17, 15) is 14.7 Å². The number of hydrogen-bond acceptors (Lipinski definition) is 7. The van der Waals surface area contributed by atoms with Crippen LogP contribution in [0.3, 0.4) is 0 Å². The minimum atomic E-state index is -0.696. The highest BCUT2D eigenvalue weighted by Gasteiger charge is 2.59. The molecule has 0 bridgehead atoms. The minimum absolute atomic E-state index is 0.0625. The van der Waals surface area contributed by atoms with Crippen molar-refractivity contribution in [1.29, 1.82) is 0 Å². The molecule has 3 aromatic rings. The van der Waals surface area contributed by atoms with E-state index in [4.69, 9.17) is 10.5 Å². The monoisotopic (exact) mass is 448 g/mol. The Kier molecular flexibility index (Phi) is 4.19. The second-order valence-electron chi connectivity index (χ2n) is 9.43. The summed E-state index contributed by atoms with van der Waals surface area (Å²) in [6.45, 7) is 3.13. The Labute approximate surface area is 189 Å². The molecule has 0 radical (unpaired) electrons. The first-order chi connectivity index (χ1) is 15.9. The van der Waals surface area contributed by atoms with Gasteiger partial charge in [0.05, 0.1) is 24.2 Å². The van der Waals surface area contributed by atoms with Gasteiger partial charge in [-0.25, -0.2) is 9.50 Å². The third kappa shape index (κ3) is 3.12. The summed E-state index contributed by atoms with van der Waals surface area (Å²) in [5.74, 6) is 0.568. The predicted molar refractivity (Wildman–Crippen MR) is 119 cm³/mol. The minimum Gasteiger partial charge on any atom is -0.484 e. The standard InChI is InChI=1S/C23H24N6O4/c1-23(11-30)7-12-5-16(27-22(32)13-8-26-29-4-2-3-25-21(13)29)17(6-18(12)33-23)28-9-14-15(10-28)19(14)20(24)31/h2-6,8,14-15,19,30H,7,9-11H2,1H3,(H2,24,31)(H,27,32)/t14-,15+,19-,23-/m0/s1. The molecule has 6 rings (SSSR count). The summed E-state index contributed by atoms with van der Waals surface area (Å²) in [4.78, 5) is 31.2. The third-order valence-electron chi connectivity index (χ3n) is 7.07. The van der Waals surface area contributed by atoms with Crippen molar-refractivity contribution in [2.45, 2.75) is 18.9 Å². The number of aliphatic hydroxyl groups excluding tert-OH is 1. The number of piperidine rings is 1. The Hall–Kier alpha value is -3.66. The van der Waals surface area contributed by atoms with E-state index in [1.165, 1.54) is 6.20 Å². The number of anilines is 2. The molecule has 2 aromatic heterocycles. The molecule has 1 saturated carbocycles. The van der Waals surface area contributed by atoms with E-state index in [-0.39, 0.29) is 36.2 Å². The molecule has 2 fully saturated rings. The maximum atomic E-state index is 13.2. The predicted octanol–water partition coefficient (Wildman–Crippen LogP) is 0.835. The molecular formula is C23H24N6O4. The van der Waals surface area contributed by atoms with Crippen molar-refractivity contribution >= 4 is 28.8 Å². The van der Waals surface area contributed by atoms with Crippen molar-refractivity contribution in [2.24, 2.45) is 23.5 Å². The second kappa shape index (κ2) is 6.92. The van der Waals surface area contributed by atoms with E-state index in [0.717, 1.165) is 11.3 Å². The number of rotatable bonds is 5. The largest absolute Gasteiger partial charge is 0.484 e. The second-order valence-corrected chi connectivity index (χ2v) is 9.43. The van der Waals surface area contributed by atoms with Gasteiger partial charge in [-0.05, 0) is 30.9 Å². The Balaban J connectivity index is 1.34. The first-order valence-electron chi connectivity index (χ1n) is 11.0. The van der Waals surface area contributed by atoms with Crippen LogP contribution in [0.5, 0.6) is 5.75 Å². The van der Waals surface area contributed by atoms with E-state index in [1.54, 1.807) is 23.0 Å². The van der Waals surface area contributed by atoms with Crippen LogP contribution in [0.25, 0.3) is 5.65 Å². The van der Waals surface area contributed by atoms with Gasteiger partial charge in [-0.2, -0.15) is 5.10 Å². The van der Waals surface area contributed by atoms with Crippen LogP contribution in [0.2, 0.25) is 0 Å². The molecule has 2 amide bonds. The number of nitrogens with two attached hydrogens (primary N) is 1. The van der Waals surface area contributed by atoms with E-state index in [1.807, 2.05) is 19.1 Å². The Morgan fingerprint density at radius 3 is 2.85 bits per heavy atom. The van der Waals surface area contributed by atoms with Crippen LogP contribution in [-0.4, -0.2) is 56.8 Å². The summed E-state index contributed by atoms with van der Waals surface area (Å²) < 4.78 is 7.60. The average Bonchev–Trinajstić information content (AvgIpc) is 3.15. The summed E-state index contributed by atoms with van der Waals surface area (Å²) in [5, 5.41) is 17.0. The van der Waals surface area contributed by atoms with Gasteiger partial charge in [0.1, 0.15) is 16.9 Å². The van der Waals surface area contributed by atoms with E-state index >= 15 is 0 Å². The molecule has 3 aliphatic rings. The first-order valence-corrected chi connectivity index (χ1v) is 11.0. The SMILES string of the molecule is C[C@@]1(CO)Cc2cc(NC(=O)c3cnn4cccnc34)c(N3C[C@@H]4[C@H](C3)[C@@H]4C(N)=O)cc2O1. The first kappa shape index (κ1) is 20.0. The average molecular weight is 448 g/mol. The number of hydrogen-bond donors (Lipinski definition) is 3. The fraction of sp³-hybridized carbons (Fsp3) is 0.391. The number of carbonyl (C=O) groups excluding carboxylic acids is 2. The number of amides is 2. The number of benzene rings is 1. The number of ether oxygens (including phenoxy) is 1. The van der Waals surface area contributed by atoms with Gasteiger partial charge in [0.2, 0.25) is 5.91 Å². The number of nitrogens with one attached hydrogen (secondary N) is 1. The molecule has 10 heteroatoms. The van der Waals surface area contributed by atoms with Gasteiger partial charge in [-0.3, -0.25) is 9.59 Å². The number of carbonyl (C=O) groups is 2. The quantitative estimate of drug-likeness (QED) is 0.526. The summed E-state index contributed by atoms with van der Waals surface area (Å²) in [6.07, 6.45) is 5.39. The van der Waals surface area contributed by atoms with Gasteiger partial charge in [0.25, 0.3) is 5.91 Å². The molecule has 1 saturated heterocycles. The molecule has 0 unspecified atom stereocenters. The van der Waals surface area contributed by atoms with Gasteiger partial charge < -0.3 is 25.8 Å². The van der Waals surface area contributed by atoms with Gasteiger partial charge in [0, 0.05) is 49.5 Å². The maximum Gasteiger partial charge on any atom is 0.261 e. The highest BCUT2D eigenvalue weighted by molar-refractivity contribution is 6.09. The zero-order valence-electron chi connectivity index (χ0n) is 18.1. The number of aliphatic hydroxyl groups is 1. The van der Waals surface area contributed by atoms with Crippen LogP contribution in [0.15, 0.2) is 36.8 Å². The topological polar surface area (TPSA) is 135 Å². The fourth-order valence-electron chi connectivity index (χ4n) is 5.32. The van der Waals surface area contributed by atoms with E-state index in [0.29, 0.717) is 42.2 Å². The lowest BCUT2D eigenvalue weighted by molar-refractivity contribution is -0.119. The van der Waals surface area contributed by atoms with Crippen molar-refractivity contribution < 1.29 is 19.4 Å². The van der Waals surface area contributed by atoms with Crippen molar-refractivity contribution in [1.82, 2.24) is 14.6 Å². The molecule has 33 heavy (non-hydrogen) atoms. The fourth-order valence-corrected chi connectivity index (χ4v) is 5.32. The third-order valence-corrected chi connectivity index (χ3v) is 7.07. The lowest BCUT2D eigenvalue weighted by atomic mass is 9.99. The van der Waals surface area contributed by atoms with Crippen LogP contribution >= 0.6 is 0 Å². The zero-order valence-corrected chi connectivity index (χ0v) is 18.1. The van der Waals surface area contributed by atoms with Crippen molar-refractivity contribution in [2.75, 3.05) is 29.9 Å². The maximum absolute atomic E-state index is 13.2. The zero-order chi connectivity index (χ0) is 22.9. The van der Waals surface area contributed by atoms with E-state index < -0.39 is 5.60 Å². The molecule has 10 nitrogen and oxygen atoms in total. The normalized spacial score (nSPS) is 27.2. The number of aromatic nitrogens is 3. The Morgan fingerprint density at radius 2 is 2.12 bits per heavy atom. The summed E-state index contributed by atoms with van der Waals surface area (Å²) in [6, 6.07) is 5.58. The van der Waals surface area contributed by atoms with Crippen LogP contribution in [0.4, 0.5) is 11.4 Å². The Bertz CT molecular complexity index is 1290. The molecule has 1 aromatic carbocycles. The van der Waals surface area contributed by atoms with Crippen molar-refractivity contribution in [3.8, 4) is 5.75 Å². The molecule has 1 aliphatic carbocycles. The molecule has 2 aliphatic heterocycles. The van der Waals surface area contributed by atoms with Gasteiger partial charge >= 0.3 is 0 Å². The van der Waals surface area contributed by atoms with Crippen molar-refractivity contribution in [3.63, 3.8) is 0 Å². The molecule has 4 heterocycles. The Morgan fingerprint density at radius 1 is 1.33 bits per heavy atom. The molecule has 4 N–H and O–H groups in total. The van der Waals surface area contributed by atoms with E-state index in [2.05, 4.69) is 20.3 Å². The molecule has 170 valence electrons. The van der Waals surface area contributed by atoms with Gasteiger partial charge in [0.15, 0.2) is 5.65 Å². The lowest BCUT2D eigenvalue weighted by Crippen LogP contribution is -2.34. The highest BCUT2D eigenvalue weighted by Crippen LogP contribution is 2.54. The number of fused-ring (bicyclic) bond motifs is 3.